The highest BCUT2D eigenvalue weighted by molar-refractivity contribution is 5.76. The fourth-order valence-corrected chi connectivity index (χ4v) is 2.63. The topological polar surface area (TPSA) is 64.8 Å². The molecule has 0 fully saturated rings. The van der Waals surface area contributed by atoms with Crippen LogP contribution >= 0.6 is 0 Å². The minimum Gasteiger partial charge on any atom is -0.490 e. The molecule has 128 valence electrons. The number of amides is 1. The van der Waals surface area contributed by atoms with Gasteiger partial charge in [-0.1, -0.05) is 19.9 Å². The van der Waals surface area contributed by atoms with Gasteiger partial charge in [-0.25, -0.2) is 0 Å². The van der Waals surface area contributed by atoms with E-state index in [1.807, 2.05) is 30.0 Å². The molecular formula is C18H28N2O3. The van der Waals surface area contributed by atoms with Gasteiger partial charge in [0.15, 0.2) is 11.5 Å². The number of hydrogen-bond acceptors (Lipinski definition) is 4. The average molecular weight is 320 g/mol. The van der Waals surface area contributed by atoms with Crippen LogP contribution in [0.1, 0.15) is 39.2 Å². The van der Waals surface area contributed by atoms with Gasteiger partial charge in [-0.15, -0.1) is 0 Å². The normalized spacial score (nSPS) is 15.2. The number of nitrogens with zero attached hydrogens (tertiary/aromatic N) is 1. The Balaban J connectivity index is 2.12. The molecule has 1 aliphatic heterocycles. The van der Waals surface area contributed by atoms with Gasteiger partial charge in [0, 0.05) is 32.0 Å². The summed E-state index contributed by atoms with van der Waals surface area (Å²) in [5, 5.41) is 0. The molecule has 23 heavy (non-hydrogen) atoms. The monoisotopic (exact) mass is 320 g/mol. The molecule has 2 N–H and O–H groups in total. The summed E-state index contributed by atoms with van der Waals surface area (Å²) in [5.41, 5.74) is 6.83. The summed E-state index contributed by atoms with van der Waals surface area (Å²) in [6, 6.07) is 5.79. The second kappa shape index (κ2) is 8.20. The zero-order valence-corrected chi connectivity index (χ0v) is 14.4. The van der Waals surface area contributed by atoms with E-state index in [4.69, 9.17) is 15.2 Å². The number of rotatable bonds is 6. The molecule has 0 saturated carbocycles. The highest BCUT2D eigenvalue weighted by Crippen LogP contribution is 2.30. The molecule has 0 aromatic heterocycles. The maximum atomic E-state index is 12.4. The molecular weight excluding hydrogens is 292 g/mol. The third-order valence-electron chi connectivity index (χ3n) is 3.62. The van der Waals surface area contributed by atoms with E-state index < -0.39 is 0 Å². The second-order valence-electron chi connectivity index (χ2n) is 6.68. The predicted octanol–water partition coefficient (Wildman–Crippen LogP) is 2.57. The van der Waals surface area contributed by atoms with Crippen molar-refractivity contribution < 1.29 is 14.3 Å². The van der Waals surface area contributed by atoms with E-state index in [1.54, 1.807) is 0 Å². The van der Waals surface area contributed by atoms with Crippen molar-refractivity contribution in [3.8, 4) is 11.5 Å². The van der Waals surface area contributed by atoms with Crippen molar-refractivity contribution in [2.75, 3.05) is 19.8 Å². The van der Waals surface area contributed by atoms with E-state index in [2.05, 4.69) is 13.8 Å². The van der Waals surface area contributed by atoms with Crippen LogP contribution in [0, 0.1) is 5.92 Å². The Bertz CT molecular complexity index is 529. The Kier molecular flexibility index (Phi) is 6.28. The van der Waals surface area contributed by atoms with Gasteiger partial charge >= 0.3 is 0 Å². The van der Waals surface area contributed by atoms with Crippen molar-refractivity contribution in [2.24, 2.45) is 11.7 Å². The molecule has 1 aromatic rings. The molecule has 0 radical (unpaired) electrons. The third-order valence-corrected chi connectivity index (χ3v) is 3.62. The molecule has 5 nitrogen and oxygen atoms in total. The Labute approximate surface area is 138 Å². The Morgan fingerprint density at radius 3 is 2.57 bits per heavy atom. The summed E-state index contributed by atoms with van der Waals surface area (Å²) < 4.78 is 11.4. The summed E-state index contributed by atoms with van der Waals surface area (Å²) in [6.45, 7) is 8.72. The molecule has 0 aliphatic carbocycles. The Hall–Kier alpha value is -1.75. The zero-order valence-electron chi connectivity index (χ0n) is 14.4. The van der Waals surface area contributed by atoms with Crippen LogP contribution in [-0.2, 0) is 11.3 Å². The lowest BCUT2D eigenvalue weighted by Crippen LogP contribution is -2.36. The standard InChI is InChI=1S/C18H28N2O3/c1-13(2)11-20(18(21)9-14(3)19)12-15-5-6-16-17(10-15)23-8-4-7-22-16/h5-6,10,13-14H,4,7-9,11-12,19H2,1-3H3. The quantitative estimate of drug-likeness (QED) is 0.875. The molecule has 0 saturated heterocycles. The first-order valence-corrected chi connectivity index (χ1v) is 8.37. The molecule has 0 bridgehead atoms. The minimum atomic E-state index is -0.124. The second-order valence-corrected chi connectivity index (χ2v) is 6.68. The van der Waals surface area contributed by atoms with E-state index in [-0.39, 0.29) is 11.9 Å². The van der Waals surface area contributed by atoms with Gasteiger partial charge in [0.25, 0.3) is 0 Å². The number of benzene rings is 1. The number of hydrogen-bond donors (Lipinski definition) is 1. The van der Waals surface area contributed by atoms with E-state index in [0.717, 1.165) is 30.0 Å². The number of carbonyl (C=O) groups excluding carboxylic acids is 1. The summed E-state index contributed by atoms with van der Waals surface area (Å²) in [4.78, 5) is 14.3. The molecule has 1 aliphatic rings. The van der Waals surface area contributed by atoms with Crippen molar-refractivity contribution in [1.82, 2.24) is 4.90 Å². The first-order chi connectivity index (χ1) is 11.0. The highest BCUT2D eigenvalue weighted by atomic mass is 16.5. The van der Waals surface area contributed by atoms with Crippen molar-refractivity contribution in [3.05, 3.63) is 23.8 Å². The van der Waals surface area contributed by atoms with Crippen LogP contribution in [0.5, 0.6) is 11.5 Å². The summed E-state index contributed by atoms with van der Waals surface area (Å²) in [7, 11) is 0. The van der Waals surface area contributed by atoms with Crippen LogP contribution in [0.15, 0.2) is 18.2 Å². The molecule has 0 spiro atoms. The fourth-order valence-electron chi connectivity index (χ4n) is 2.63. The van der Waals surface area contributed by atoms with E-state index in [9.17, 15) is 4.79 Å². The van der Waals surface area contributed by atoms with Gasteiger partial charge in [-0.2, -0.15) is 0 Å². The molecule has 5 heteroatoms. The fraction of sp³-hybridized carbons (Fsp3) is 0.611. The first-order valence-electron chi connectivity index (χ1n) is 8.37. The lowest BCUT2D eigenvalue weighted by Gasteiger charge is -2.26. The lowest BCUT2D eigenvalue weighted by atomic mass is 10.1. The van der Waals surface area contributed by atoms with Gasteiger partial charge in [-0.3, -0.25) is 4.79 Å². The molecule has 2 rings (SSSR count). The lowest BCUT2D eigenvalue weighted by molar-refractivity contribution is -0.132. The SMILES string of the molecule is CC(C)CN(Cc1ccc2c(c1)OCCCO2)C(=O)CC(C)N. The average Bonchev–Trinajstić information content (AvgIpc) is 2.70. The number of carbonyl (C=O) groups is 1. The first kappa shape index (κ1) is 17.6. The number of nitrogens with two attached hydrogens (primary N) is 1. The van der Waals surface area contributed by atoms with Crippen LogP contribution in [0.2, 0.25) is 0 Å². The van der Waals surface area contributed by atoms with Crippen molar-refractivity contribution in [3.63, 3.8) is 0 Å². The largest absolute Gasteiger partial charge is 0.490 e. The molecule has 1 atom stereocenters. The van der Waals surface area contributed by atoms with E-state index in [0.29, 0.717) is 32.1 Å². The maximum Gasteiger partial charge on any atom is 0.224 e. The van der Waals surface area contributed by atoms with Crippen LogP contribution in [-0.4, -0.2) is 36.6 Å². The minimum absolute atomic E-state index is 0.0980. The van der Waals surface area contributed by atoms with Crippen molar-refractivity contribution >= 4 is 5.91 Å². The maximum absolute atomic E-state index is 12.4. The molecule has 1 aromatic carbocycles. The van der Waals surface area contributed by atoms with Gasteiger partial charge in [0.05, 0.1) is 13.2 Å². The molecule has 1 unspecified atom stereocenters. The Morgan fingerprint density at radius 1 is 1.22 bits per heavy atom. The van der Waals surface area contributed by atoms with Gasteiger partial charge < -0.3 is 20.1 Å². The Morgan fingerprint density at radius 2 is 1.91 bits per heavy atom. The van der Waals surface area contributed by atoms with Crippen LogP contribution in [0.4, 0.5) is 0 Å². The van der Waals surface area contributed by atoms with Gasteiger partial charge in [0.1, 0.15) is 0 Å². The number of fused-ring (bicyclic) bond motifs is 1. The van der Waals surface area contributed by atoms with E-state index >= 15 is 0 Å². The molecule has 1 amide bonds. The predicted molar refractivity (Wildman–Crippen MR) is 90.6 cm³/mol. The van der Waals surface area contributed by atoms with Crippen LogP contribution in [0.3, 0.4) is 0 Å². The van der Waals surface area contributed by atoms with Gasteiger partial charge in [0.2, 0.25) is 5.91 Å². The van der Waals surface area contributed by atoms with Gasteiger partial charge in [-0.05, 0) is 30.5 Å². The summed E-state index contributed by atoms with van der Waals surface area (Å²) in [6.07, 6.45) is 1.26. The summed E-state index contributed by atoms with van der Waals surface area (Å²) in [5.74, 6) is 2.06. The zero-order chi connectivity index (χ0) is 16.8. The summed E-state index contributed by atoms with van der Waals surface area (Å²) >= 11 is 0. The molecule has 1 heterocycles. The number of ether oxygens (including phenoxy) is 2. The van der Waals surface area contributed by atoms with Crippen molar-refractivity contribution in [2.45, 2.75) is 46.2 Å². The van der Waals surface area contributed by atoms with Crippen LogP contribution < -0.4 is 15.2 Å². The van der Waals surface area contributed by atoms with E-state index in [1.165, 1.54) is 0 Å². The van der Waals surface area contributed by atoms with Crippen LogP contribution in [0.25, 0.3) is 0 Å². The smallest absolute Gasteiger partial charge is 0.224 e. The highest BCUT2D eigenvalue weighted by Gasteiger charge is 2.18. The third kappa shape index (κ3) is 5.43. The van der Waals surface area contributed by atoms with Crippen molar-refractivity contribution in [1.29, 1.82) is 0 Å².